The van der Waals surface area contributed by atoms with Gasteiger partial charge in [-0.3, -0.25) is 9.59 Å². The Bertz CT molecular complexity index is 3240. The topological polar surface area (TPSA) is 44.0 Å². The van der Waals surface area contributed by atoms with Gasteiger partial charge in [0.25, 0.3) is 0 Å². The summed E-state index contributed by atoms with van der Waals surface area (Å²) in [6.45, 7) is 4.62. The van der Waals surface area contributed by atoms with Crippen LogP contribution in [0.15, 0.2) is 170 Å². The summed E-state index contributed by atoms with van der Waals surface area (Å²) in [6, 6.07) is 61.7. The van der Waals surface area contributed by atoms with Crippen molar-refractivity contribution in [2.75, 3.05) is 0 Å². The van der Waals surface area contributed by atoms with Crippen LogP contribution in [0.25, 0.3) is 88.4 Å². The van der Waals surface area contributed by atoms with Crippen LogP contribution in [0.5, 0.6) is 0 Å². The highest BCUT2D eigenvalue weighted by Crippen LogP contribution is 2.56. The van der Waals surface area contributed by atoms with Crippen molar-refractivity contribution < 1.29 is 9.59 Å². The Hall–Kier alpha value is -7.30. The monoisotopic (exact) mass is 872 g/mol. The van der Waals surface area contributed by atoms with Gasteiger partial charge in [-0.15, -0.1) is 0 Å². The van der Waals surface area contributed by atoms with E-state index < -0.39 is 0 Å². The van der Waals surface area contributed by atoms with Crippen molar-refractivity contribution in [1.29, 1.82) is 0 Å². The van der Waals surface area contributed by atoms with Crippen LogP contribution in [-0.4, -0.2) is 21.7 Å². The molecule has 10 aromatic rings. The lowest BCUT2D eigenvalue weighted by Gasteiger charge is -2.33. The van der Waals surface area contributed by atoms with Crippen LogP contribution in [-0.2, 0) is 5.41 Å². The van der Waals surface area contributed by atoms with Gasteiger partial charge in [0.05, 0.1) is 22.1 Å². The third-order valence-electron chi connectivity index (χ3n) is 14.9. The van der Waals surface area contributed by atoms with Crippen molar-refractivity contribution in [1.82, 2.24) is 9.13 Å². The number of para-hydroxylation sites is 2. The molecule has 0 saturated carbocycles. The Morgan fingerprint density at radius 1 is 0.388 bits per heavy atom. The van der Waals surface area contributed by atoms with E-state index >= 15 is 0 Å². The van der Waals surface area contributed by atoms with Crippen molar-refractivity contribution in [2.24, 2.45) is 0 Å². The molecule has 1 aliphatic carbocycles. The molecular weight excluding hydrogens is 817 g/mol. The minimum atomic E-state index is -0.0786. The third-order valence-corrected chi connectivity index (χ3v) is 14.9. The number of aromatic nitrogens is 2. The van der Waals surface area contributed by atoms with Gasteiger partial charge in [0.15, 0.2) is 0 Å². The summed E-state index contributed by atoms with van der Waals surface area (Å²) in [4.78, 5) is 23.5. The molecule has 0 fully saturated rings. The molecule has 0 saturated heterocycles. The Morgan fingerprint density at radius 2 is 0.791 bits per heavy atom. The Morgan fingerprint density at radius 3 is 1.21 bits per heavy atom. The lowest BCUT2D eigenvalue weighted by atomic mass is 9.70. The molecule has 4 heteroatoms. The van der Waals surface area contributed by atoms with E-state index in [2.05, 4.69) is 169 Å². The summed E-state index contributed by atoms with van der Waals surface area (Å²) in [5, 5.41) is 4.47. The molecule has 67 heavy (non-hydrogen) atoms. The Kier molecular flexibility index (Phi) is 11.3. The maximum atomic E-state index is 11.7. The molecule has 0 aliphatic heterocycles. The SMILES string of the molecule is CCCCCCC1(CCCCCC)c2cc(-c3ccc(-n4c5ccccc5c5cc(C=O)ccc54)cc3)ccc2-c2ccc(-c3ccc(-n4c5ccccc5c5cc(C=O)ccc54)cc3)cc21. The standard InChI is InChI=1S/C63H56N2O2/c1-3-5-7-13-35-63(36-14-8-6-4-2)57-39-47(45-21-27-49(28-22-45)64-59-17-11-9-15-53(59)55-37-43(41-66)19-33-61(55)64)25-31-51(57)52-32-26-48(40-58(52)63)46-23-29-50(30-24-46)65-60-18-12-10-16-54(60)56-38-44(42-67)20-34-62(56)65/h9-12,15-34,37-42H,3-8,13-14,35-36H2,1-2H3. The molecule has 0 N–H and O–H groups in total. The fourth-order valence-electron chi connectivity index (χ4n) is 11.5. The van der Waals surface area contributed by atoms with Gasteiger partial charge < -0.3 is 9.13 Å². The van der Waals surface area contributed by atoms with Gasteiger partial charge in [0.2, 0.25) is 0 Å². The first-order valence-corrected chi connectivity index (χ1v) is 24.5. The second kappa shape index (κ2) is 17.8. The van der Waals surface area contributed by atoms with Crippen LogP contribution in [0.3, 0.4) is 0 Å². The number of fused-ring (bicyclic) bond motifs is 9. The lowest BCUT2D eigenvalue weighted by Crippen LogP contribution is -2.25. The van der Waals surface area contributed by atoms with Gasteiger partial charge in [0, 0.05) is 49.5 Å². The van der Waals surface area contributed by atoms with E-state index in [1.54, 1.807) is 0 Å². The number of nitrogens with zero attached hydrogens (tertiary/aromatic N) is 2. The molecule has 0 radical (unpaired) electrons. The molecule has 330 valence electrons. The number of carbonyl (C=O) groups is 2. The van der Waals surface area contributed by atoms with Gasteiger partial charge in [-0.2, -0.15) is 0 Å². The first kappa shape index (κ1) is 42.3. The summed E-state index contributed by atoms with van der Waals surface area (Å²) in [5.74, 6) is 0. The van der Waals surface area contributed by atoms with E-state index in [0.717, 1.165) is 80.4 Å². The second-order valence-electron chi connectivity index (χ2n) is 18.8. The number of aldehydes is 2. The second-order valence-corrected chi connectivity index (χ2v) is 18.8. The Balaban J connectivity index is 0.981. The van der Waals surface area contributed by atoms with E-state index in [1.165, 1.54) is 95.9 Å². The fraction of sp³-hybridized carbons (Fsp3) is 0.206. The summed E-state index contributed by atoms with van der Waals surface area (Å²) in [5.41, 5.74) is 18.6. The number of rotatable bonds is 16. The van der Waals surface area contributed by atoms with Crippen LogP contribution in [0.2, 0.25) is 0 Å². The van der Waals surface area contributed by atoms with Crippen molar-refractivity contribution in [3.63, 3.8) is 0 Å². The minimum Gasteiger partial charge on any atom is -0.309 e. The summed E-state index contributed by atoms with van der Waals surface area (Å²) >= 11 is 0. The minimum absolute atomic E-state index is 0.0786. The zero-order valence-corrected chi connectivity index (χ0v) is 38.6. The predicted octanol–water partition coefficient (Wildman–Crippen LogP) is 17.0. The van der Waals surface area contributed by atoms with Gasteiger partial charge >= 0.3 is 0 Å². The van der Waals surface area contributed by atoms with E-state index in [1.807, 2.05) is 24.3 Å². The van der Waals surface area contributed by atoms with Gasteiger partial charge in [-0.05, 0) is 142 Å². The number of hydrogen-bond donors (Lipinski definition) is 0. The van der Waals surface area contributed by atoms with Crippen LogP contribution < -0.4 is 0 Å². The van der Waals surface area contributed by atoms with Crippen molar-refractivity contribution in [3.05, 3.63) is 192 Å². The van der Waals surface area contributed by atoms with E-state index in [9.17, 15) is 9.59 Å². The average Bonchev–Trinajstić information content (AvgIpc) is 3.99. The van der Waals surface area contributed by atoms with E-state index in [0.29, 0.717) is 11.1 Å². The molecule has 8 aromatic carbocycles. The Labute approximate surface area is 393 Å². The number of benzene rings is 8. The molecule has 2 heterocycles. The number of unbranched alkanes of at least 4 members (excludes halogenated alkanes) is 6. The quantitative estimate of drug-likeness (QED) is 0.0717. The van der Waals surface area contributed by atoms with Crippen molar-refractivity contribution in [2.45, 2.75) is 83.5 Å². The highest BCUT2D eigenvalue weighted by atomic mass is 16.1. The van der Waals surface area contributed by atoms with Gasteiger partial charge in [0.1, 0.15) is 12.6 Å². The first-order chi connectivity index (χ1) is 33.0. The molecule has 11 rings (SSSR count). The van der Waals surface area contributed by atoms with Crippen molar-refractivity contribution >= 4 is 56.2 Å². The fourth-order valence-corrected chi connectivity index (χ4v) is 11.5. The maximum Gasteiger partial charge on any atom is 0.150 e. The maximum absolute atomic E-state index is 11.7. The van der Waals surface area contributed by atoms with E-state index in [4.69, 9.17) is 0 Å². The van der Waals surface area contributed by atoms with Crippen LogP contribution >= 0.6 is 0 Å². The van der Waals surface area contributed by atoms with Crippen molar-refractivity contribution in [3.8, 4) is 44.8 Å². The summed E-state index contributed by atoms with van der Waals surface area (Å²) in [7, 11) is 0. The molecule has 0 unspecified atom stereocenters. The highest BCUT2D eigenvalue weighted by molar-refractivity contribution is 6.11. The predicted molar refractivity (Wildman–Crippen MR) is 281 cm³/mol. The smallest absolute Gasteiger partial charge is 0.150 e. The molecule has 2 aromatic heterocycles. The molecule has 4 nitrogen and oxygen atoms in total. The molecule has 1 aliphatic rings. The van der Waals surface area contributed by atoms with Crippen LogP contribution in [0.4, 0.5) is 0 Å². The third kappa shape index (κ3) is 7.31. The first-order valence-electron chi connectivity index (χ1n) is 24.5. The number of hydrogen-bond acceptors (Lipinski definition) is 2. The van der Waals surface area contributed by atoms with Gasteiger partial charge in [-0.25, -0.2) is 0 Å². The molecule has 0 bridgehead atoms. The zero-order chi connectivity index (χ0) is 45.5. The largest absolute Gasteiger partial charge is 0.309 e. The normalized spacial score (nSPS) is 12.9. The average molecular weight is 873 g/mol. The van der Waals surface area contributed by atoms with Crippen LogP contribution in [0.1, 0.15) is 110 Å². The van der Waals surface area contributed by atoms with E-state index in [-0.39, 0.29) is 5.41 Å². The lowest BCUT2D eigenvalue weighted by molar-refractivity contribution is 0.111. The summed E-state index contributed by atoms with van der Waals surface area (Å²) < 4.78 is 4.64. The zero-order valence-electron chi connectivity index (χ0n) is 38.6. The number of carbonyl (C=O) groups excluding carboxylic acids is 2. The molecule has 0 amide bonds. The molecular formula is C63H56N2O2. The highest BCUT2D eigenvalue weighted by Gasteiger charge is 2.42. The van der Waals surface area contributed by atoms with Gasteiger partial charge in [-0.1, -0.05) is 150 Å². The summed E-state index contributed by atoms with van der Waals surface area (Å²) in [6.07, 6.45) is 14.0. The van der Waals surface area contributed by atoms with Crippen LogP contribution in [0, 0.1) is 0 Å². The molecule has 0 spiro atoms. The molecule has 0 atom stereocenters.